The second-order valence-corrected chi connectivity index (χ2v) is 4.69. The standard InChI is InChI=1S/C14H17NO5/c16-11-6-1-2-7-12(11)20-9-13(17)15-8-4-3-5-10(15)14(18)19/h1-2,6-7,10,16H,3-5,8-9H2,(H,18,19). The number of amides is 1. The van der Waals surface area contributed by atoms with Gasteiger partial charge in [-0.2, -0.15) is 0 Å². The summed E-state index contributed by atoms with van der Waals surface area (Å²) in [4.78, 5) is 24.5. The lowest BCUT2D eigenvalue weighted by molar-refractivity contribution is -0.152. The first-order valence-electron chi connectivity index (χ1n) is 6.52. The maximum Gasteiger partial charge on any atom is 0.326 e. The van der Waals surface area contributed by atoms with Gasteiger partial charge in [-0.3, -0.25) is 4.79 Å². The third-order valence-electron chi connectivity index (χ3n) is 3.32. The van der Waals surface area contributed by atoms with Crippen LogP contribution in [0.4, 0.5) is 0 Å². The summed E-state index contributed by atoms with van der Waals surface area (Å²) >= 11 is 0. The van der Waals surface area contributed by atoms with Crippen LogP contribution >= 0.6 is 0 Å². The minimum atomic E-state index is -0.986. The first-order chi connectivity index (χ1) is 9.59. The molecule has 0 aliphatic carbocycles. The fourth-order valence-corrected chi connectivity index (χ4v) is 2.29. The van der Waals surface area contributed by atoms with Crippen molar-refractivity contribution >= 4 is 11.9 Å². The monoisotopic (exact) mass is 279 g/mol. The van der Waals surface area contributed by atoms with Crippen molar-refractivity contribution in [2.24, 2.45) is 0 Å². The number of piperidine rings is 1. The molecule has 1 fully saturated rings. The van der Waals surface area contributed by atoms with Crippen molar-refractivity contribution in [3.8, 4) is 11.5 Å². The van der Waals surface area contributed by atoms with E-state index in [-0.39, 0.29) is 24.0 Å². The van der Waals surface area contributed by atoms with E-state index < -0.39 is 12.0 Å². The third kappa shape index (κ3) is 3.20. The Morgan fingerprint density at radius 2 is 2.05 bits per heavy atom. The third-order valence-corrected chi connectivity index (χ3v) is 3.32. The van der Waals surface area contributed by atoms with Crippen LogP contribution in [0.2, 0.25) is 0 Å². The quantitative estimate of drug-likeness (QED) is 0.865. The SMILES string of the molecule is O=C(O)C1CCCCN1C(=O)COc1ccccc1O. The maximum atomic E-state index is 12.1. The summed E-state index contributed by atoms with van der Waals surface area (Å²) < 4.78 is 5.25. The van der Waals surface area contributed by atoms with E-state index in [1.165, 1.54) is 11.0 Å². The summed E-state index contributed by atoms with van der Waals surface area (Å²) in [5.74, 6) is -1.19. The molecule has 1 atom stereocenters. The van der Waals surface area contributed by atoms with Crippen LogP contribution < -0.4 is 4.74 Å². The molecular formula is C14H17NO5. The number of carboxylic acid groups (broad SMARTS) is 1. The number of nitrogens with zero attached hydrogens (tertiary/aromatic N) is 1. The van der Waals surface area contributed by atoms with E-state index in [4.69, 9.17) is 9.84 Å². The second-order valence-electron chi connectivity index (χ2n) is 4.69. The molecule has 0 bridgehead atoms. The Kier molecular flexibility index (Phi) is 4.45. The van der Waals surface area contributed by atoms with Crippen molar-refractivity contribution in [1.82, 2.24) is 4.90 Å². The number of ether oxygens (including phenoxy) is 1. The van der Waals surface area contributed by atoms with Crippen LogP contribution in [-0.2, 0) is 9.59 Å². The molecule has 1 aromatic carbocycles. The lowest BCUT2D eigenvalue weighted by Crippen LogP contribution is -2.49. The van der Waals surface area contributed by atoms with E-state index in [0.717, 1.165) is 12.8 Å². The zero-order valence-corrected chi connectivity index (χ0v) is 11.0. The van der Waals surface area contributed by atoms with Gasteiger partial charge in [-0.15, -0.1) is 0 Å². The van der Waals surface area contributed by atoms with Gasteiger partial charge in [-0.1, -0.05) is 12.1 Å². The van der Waals surface area contributed by atoms with Crippen LogP contribution in [-0.4, -0.2) is 46.2 Å². The Bertz CT molecular complexity index is 502. The van der Waals surface area contributed by atoms with E-state index in [2.05, 4.69) is 0 Å². The highest BCUT2D eigenvalue weighted by molar-refractivity contribution is 5.84. The van der Waals surface area contributed by atoms with Crippen molar-refractivity contribution in [3.63, 3.8) is 0 Å². The van der Waals surface area contributed by atoms with Gasteiger partial charge in [-0.05, 0) is 31.4 Å². The van der Waals surface area contributed by atoms with Gasteiger partial charge in [0, 0.05) is 6.54 Å². The molecule has 0 saturated carbocycles. The average molecular weight is 279 g/mol. The van der Waals surface area contributed by atoms with Gasteiger partial charge in [-0.25, -0.2) is 4.79 Å². The van der Waals surface area contributed by atoms with Crippen LogP contribution in [0.3, 0.4) is 0 Å². The number of rotatable bonds is 4. The zero-order chi connectivity index (χ0) is 14.5. The molecule has 6 nitrogen and oxygen atoms in total. The van der Waals surface area contributed by atoms with Gasteiger partial charge in [0.2, 0.25) is 0 Å². The Balaban J connectivity index is 1.97. The van der Waals surface area contributed by atoms with Gasteiger partial charge in [0.05, 0.1) is 0 Å². The summed E-state index contributed by atoms with van der Waals surface area (Å²) in [7, 11) is 0. The number of aromatic hydroxyl groups is 1. The van der Waals surface area contributed by atoms with Gasteiger partial charge >= 0.3 is 5.97 Å². The van der Waals surface area contributed by atoms with Crippen LogP contribution in [0.25, 0.3) is 0 Å². The molecule has 108 valence electrons. The molecular weight excluding hydrogens is 262 g/mol. The van der Waals surface area contributed by atoms with E-state index in [9.17, 15) is 14.7 Å². The molecule has 0 spiro atoms. The van der Waals surface area contributed by atoms with Crippen molar-refractivity contribution in [3.05, 3.63) is 24.3 Å². The number of phenols is 1. The molecule has 1 saturated heterocycles. The molecule has 20 heavy (non-hydrogen) atoms. The van der Waals surface area contributed by atoms with Gasteiger partial charge in [0.15, 0.2) is 18.1 Å². The van der Waals surface area contributed by atoms with Gasteiger partial charge < -0.3 is 19.8 Å². The highest BCUT2D eigenvalue weighted by Crippen LogP contribution is 2.24. The van der Waals surface area contributed by atoms with E-state index >= 15 is 0 Å². The highest BCUT2D eigenvalue weighted by Gasteiger charge is 2.31. The minimum absolute atomic E-state index is 0.0475. The fourth-order valence-electron chi connectivity index (χ4n) is 2.29. The van der Waals surface area contributed by atoms with Crippen LogP contribution in [0.5, 0.6) is 11.5 Å². The molecule has 2 N–H and O–H groups in total. The Labute approximate surface area is 116 Å². The summed E-state index contributed by atoms with van der Waals surface area (Å²) in [5.41, 5.74) is 0. The number of benzene rings is 1. The van der Waals surface area contributed by atoms with Crippen LogP contribution in [0.15, 0.2) is 24.3 Å². The number of hydrogen-bond acceptors (Lipinski definition) is 4. The lowest BCUT2D eigenvalue weighted by atomic mass is 10.0. The number of phenolic OH excluding ortho intramolecular Hbond substituents is 1. The predicted molar refractivity (Wildman–Crippen MR) is 70.6 cm³/mol. The summed E-state index contributed by atoms with van der Waals surface area (Å²) in [6.45, 7) is 0.154. The van der Waals surface area contributed by atoms with E-state index in [1.807, 2.05) is 0 Å². The summed E-state index contributed by atoms with van der Waals surface area (Å²) in [6, 6.07) is 5.56. The molecule has 1 aliphatic heterocycles. The smallest absolute Gasteiger partial charge is 0.326 e. The molecule has 6 heteroatoms. The van der Waals surface area contributed by atoms with Crippen molar-refractivity contribution < 1.29 is 24.5 Å². The number of carbonyl (C=O) groups is 2. The Morgan fingerprint density at radius 3 is 2.75 bits per heavy atom. The Morgan fingerprint density at radius 1 is 1.30 bits per heavy atom. The second kappa shape index (κ2) is 6.27. The highest BCUT2D eigenvalue weighted by atomic mass is 16.5. The molecule has 1 aliphatic rings. The summed E-state index contributed by atoms with van der Waals surface area (Å²) in [5, 5.41) is 18.6. The number of carboxylic acids is 1. The van der Waals surface area contributed by atoms with Crippen molar-refractivity contribution in [2.45, 2.75) is 25.3 Å². The van der Waals surface area contributed by atoms with Crippen LogP contribution in [0.1, 0.15) is 19.3 Å². The van der Waals surface area contributed by atoms with Crippen molar-refractivity contribution in [2.75, 3.05) is 13.2 Å². The fraction of sp³-hybridized carbons (Fsp3) is 0.429. The number of hydrogen-bond donors (Lipinski definition) is 2. The topological polar surface area (TPSA) is 87.1 Å². The lowest BCUT2D eigenvalue weighted by Gasteiger charge is -2.32. The van der Waals surface area contributed by atoms with Crippen LogP contribution in [0, 0.1) is 0 Å². The van der Waals surface area contributed by atoms with E-state index in [0.29, 0.717) is 13.0 Å². The minimum Gasteiger partial charge on any atom is -0.504 e. The summed E-state index contributed by atoms with van der Waals surface area (Å²) in [6.07, 6.45) is 2.07. The normalized spacial score (nSPS) is 18.6. The van der Waals surface area contributed by atoms with Gasteiger partial charge in [0.1, 0.15) is 6.04 Å². The average Bonchev–Trinajstić information content (AvgIpc) is 2.46. The van der Waals surface area contributed by atoms with Gasteiger partial charge in [0.25, 0.3) is 5.91 Å². The number of aliphatic carboxylic acids is 1. The first-order valence-corrected chi connectivity index (χ1v) is 6.52. The zero-order valence-electron chi connectivity index (χ0n) is 11.0. The number of likely N-dealkylation sites (tertiary alicyclic amines) is 1. The Hall–Kier alpha value is -2.24. The molecule has 1 amide bonds. The molecule has 2 rings (SSSR count). The maximum absolute atomic E-state index is 12.1. The number of para-hydroxylation sites is 2. The van der Waals surface area contributed by atoms with E-state index in [1.54, 1.807) is 18.2 Å². The largest absolute Gasteiger partial charge is 0.504 e. The first kappa shape index (κ1) is 14.2. The molecule has 0 aromatic heterocycles. The number of carbonyl (C=O) groups excluding carboxylic acids is 1. The molecule has 1 aromatic rings. The predicted octanol–water partition coefficient (Wildman–Crippen LogP) is 1.24. The molecule has 0 radical (unpaired) electrons. The van der Waals surface area contributed by atoms with Crippen molar-refractivity contribution in [1.29, 1.82) is 0 Å². The molecule has 1 unspecified atom stereocenters. The molecule has 1 heterocycles.